The van der Waals surface area contributed by atoms with Crippen LogP contribution in [0.5, 0.6) is 0 Å². The van der Waals surface area contributed by atoms with Crippen molar-refractivity contribution in [1.82, 2.24) is 0 Å². The second-order valence-electron chi connectivity index (χ2n) is 3.12. The number of hydrogen-bond acceptors (Lipinski definition) is 5. The summed E-state index contributed by atoms with van der Waals surface area (Å²) >= 11 is 2.98. The third-order valence-corrected chi connectivity index (χ3v) is 6.52. The Morgan fingerprint density at radius 1 is 1.67 bits per heavy atom. The van der Waals surface area contributed by atoms with E-state index in [1.807, 2.05) is 6.92 Å². The van der Waals surface area contributed by atoms with Crippen LogP contribution in [0.2, 0.25) is 0 Å². The fourth-order valence-corrected chi connectivity index (χ4v) is 5.91. The molecule has 1 aliphatic heterocycles. The first-order chi connectivity index (χ1) is 6.86. The van der Waals surface area contributed by atoms with Crippen molar-refractivity contribution >= 4 is 39.4 Å². The predicted molar refractivity (Wildman–Crippen MR) is 63.8 cm³/mol. The Morgan fingerprint density at radius 2 is 2.27 bits per heavy atom. The molecule has 3 atom stereocenters. The molecular weight excluding hydrogens is 256 g/mol. The summed E-state index contributed by atoms with van der Waals surface area (Å²) in [5, 5.41) is -1.75. The van der Waals surface area contributed by atoms with Gasteiger partial charge in [-0.2, -0.15) is 8.42 Å². The zero-order chi connectivity index (χ0) is 11.6. The number of rotatable bonds is 4. The number of ketones is 1. The van der Waals surface area contributed by atoms with E-state index in [9.17, 15) is 13.2 Å². The normalized spacial score (nSPS) is 28.7. The summed E-state index contributed by atoms with van der Waals surface area (Å²) in [6, 6.07) is 0. The molecule has 1 heterocycles. The van der Waals surface area contributed by atoms with Gasteiger partial charge < -0.3 is 0 Å². The van der Waals surface area contributed by atoms with E-state index in [0.29, 0.717) is 5.75 Å². The van der Waals surface area contributed by atoms with Crippen LogP contribution in [0.1, 0.15) is 6.92 Å². The highest BCUT2D eigenvalue weighted by Gasteiger charge is 2.41. The average molecular weight is 268 g/mol. The Balaban J connectivity index is 2.92. The molecule has 0 radical (unpaired) electrons. The van der Waals surface area contributed by atoms with Gasteiger partial charge in [0.25, 0.3) is 10.1 Å². The molecule has 1 rings (SSSR count). The first-order valence-corrected chi connectivity index (χ1v) is 7.75. The monoisotopic (exact) mass is 268 g/mol. The van der Waals surface area contributed by atoms with Crippen LogP contribution in [0.4, 0.5) is 0 Å². The van der Waals surface area contributed by atoms with Crippen LogP contribution in [0.3, 0.4) is 0 Å². The van der Waals surface area contributed by atoms with Crippen LogP contribution >= 0.6 is 23.5 Å². The van der Waals surface area contributed by atoms with Crippen molar-refractivity contribution in [3.63, 3.8) is 0 Å². The minimum atomic E-state index is -4.34. The number of carbonyl (C=O) groups is 1. The molecule has 15 heavy (non-hydrogen) atoms. The maximum absolute atomic E-state index is 11.4. The van der Waals surface area contributed by atoms with E-state index in [4.69, 9.17) is 4.55 Å². The Hall–Kier alpha value is 0.0200. The van der Waals surface area contributed by atoms with Crippen molar-refractivity contribution in [3.05, 3.63) is 12.7 Å². The highest BCUT2D eigenvalue weighted by molar-refractivity contribution is 8.20. The molecule has 1 fully saturated rings. The summed E-state index contributed by atoms with van der Waals surface area (Å²) in [6.45, 7) is 5.18. The predicted octanol–water partition coefficient (Wildman–Crippen LogP) is 1.19. The Labute approximate surface area is 97.6 Å². The van der Waals surface area contributed by atoms with Gasteiger partial charge in [-0.15, -0.1) is 23.5 Å². The van der Waals surface area contributed by atoms with Gasteiger partial charge in [-0.1, -0.05) is 6.58 Å². The Bertz CT molecular complexity index is 362. The van der Waals surface area contributed by atoms with E-state index >= 15 is 0 Å². The zero-order valence-corrected chi connectivity index (χ0v) is 10.6. The topological polar surface area (TPSA) is 71.4 Å². The number of allylic oxidation sites excluding steroid dienone is 1. The van der Waals surface area contributed by atoms with Crippen molar-refractivity contribution in [1.29, 1.82) is 0 Å². The van der Waals surface area contributed by atoms with Crippen molar-refractivity contribution in [2.75, 3.05) is 5.75 Å². The maximum Gasteiger partial charge on any atom is 0.276 e. The zero-order valence-electron chi connectivity index (χ0n) is 8.12. The third-order valence-electron chi connectivity index (χ3n) is 2.00. The van der Waals surface area contributed by atoms with Crippen LogP contribution in [0.15, 0.2) is 12.7 Å². The molecule has 4 nitrogen and oxygen atoms in total. The first-order valence-electron chi connectivity index (χ1n) is 4.26. The molecule has 0 bridgehead atoms. The van der Waals surface area contributed by atoms with Crippen molar-refractivity contribution < 1.29 is 17.8 Å². The van der Waals surface area contributed by atoms with Gasteiger partial charge in [0.2, 0.25) is 0 Å². The minimum Gasteiger partial charge on any atom is -0.293 e. The van der Waals surface area contributed by atoms with Crippen molar-refractivity contribution in [3.8, 4) is 0 Å². The summed E-state index contributed by atoms with van der Waals surface area (Å²) in [6.07, 6.45) is 0.951. The van der Waals surface area contributed by atoms with Gasteiger partial charge in [-0.25, -0.2) is 0 Å². The van der Waals surface area contributed by atoms with Crippen LogP contribution < -0.4 is 0 Å². The first kappa shape index (κ1) is 13.1. The third kappa shape index (κ3) is 3.24. The van der Waals surface area contributed by atoms with Crippen LogP contribution in [-0.4, -0.2) is 39.6 Å². The molecular formula is C8H12O4S3. The lowest BCUT2D eigenvalue weighted by Crippen LogP contribution is -2.38. The van der Waals surface area contributed by atoms with Gasteiger partial charge in [-0.05, 0) is 13.0 Å². The number of hydrogen-bond donors (Lipinski definition) is 1. The molecule has 1 aliphatic rings. The molecule has 0 saturated carbocycles. The van der Waals surface area contributed by atoms with Gasteiger partial charge in [0.15, 0.2) is 11.0 Å². The van der Waals surface area contributed by atoms with E-state index < -0.39 is 21.2 Å². The second kappa shape index (κ2) is 4.90. The lowest BCUT2D eigenvalue weighted by molar-refractivity contribution is -0.114. The van der Waals surface area contributed by atoms with E-state index in [2.05, 4.69) is 6.58 Å². The highest BCUT2D eigenvalue weighted by Crippen LogP contribution is 2.40. The van der Waals surface area contributed by atoms with Gasteiger partial charge in [0.1, 0.15) is 0 Å². The van der Waals surface area contributed by atoms with Crippen LogP contribution in [-0.2, 0) is 14.9 Å². The largest absolute Gasteiger partial charge is 0.293 e. The molecule has 0 spiro atoms. The van der Waals surface area contributed by atoms with Crippen LogP contribution in [0.25, 0.3) is 0 Å². The lowest BCUT2D eigenvalue weighted by Gasteiger charge is -2.16. The maximum atomic E-state index is 11.4. The quantitative estimate of drug-likeness (QED) is 0.610. The molecule has 1 saturated heterocycles. The molecule has 3 unspecified atom stereocenters. The average Bonchev–Trinajstić information content (AvgIpc) is 2.49. The number of carbonyl (C=O) groups excluding carboxylic acids is 1. The molecule has 86 valence electrons. The molecule has 0 aromatic rings. The van der Waals surface area contributed by atoms with Gasteiger partial charge in [0.05, 0.1) is 0 Å². The van der Waals surface area contributed by atoms with Crippen molar-refractivity contribution in [2.24, 2.45) is 0 Å². The molecule has 0 aromatic carbocycles. The summed E-state index contributed by atoms with van der Waals surface area (Å²) < 4.78 is 31.4. The molecule has 0 aliphatic carbocycles. The molecule has 0 aromatic heterocycles. The Kier molecular flexibility index (Phi) is 4.28. The van der Waals surface area contributed by atoms with Crippen LogP contribution in [0, 0.1) is 0 Å². The fraction of sp³-hybridized carbons (Fsp3) is 0.625. The minimum absolute atomic E-state index is 0.247. The summed E-state index contributed by atoms with van der Waals surface area (Å²) in [5.74, 6) is -0.0831. The number of thioether (sulfide) groups is 2. The van der Waals surface area contributed by atoms with Gasteiger partial charge >= 0.3 is 0 Å². The smallest absolute Gasteiger partial charge is 0.276 e. The van der Waals surface area contributed by atoms with Crippen molar-refractivity contribution in [2.45, 2.75) is 22.0 Å². The molecule has 7 heteroatoms. The summed E-state index contributed by atoms with van der Waals surface area (Å²) in [7, 11) is -4.34. The summed E-state index contributed by atoms with van der Waals surface area (Å²) in [5.41, 5.74) is 0. The van der Waals surface area contributed by atoms with Gasteiger partial charge in [-0.3, -0.25) is 9.35 Å². The molecule has 0 amide bonds. The van der Waals surface area contributed by atoms with Gasteiger partial charge in [0, 0.05) is 15.6 Å². The van der Waals surface area contributed by atoms with E-state index in [-0.39, 0.29) is 9.83 Å². The Morgan fingerprint density at radius 3 is 2.60 bits per heavy atom. The standard InChI is InChI=1S/C8H12O4S3/c1-3-6(9)8(15(10,11)12)7-4-13-5(2)14-7/h3,5,7-8H,1,4H2,2H3,(H,10,11,12). The highest BCUT2D eigenvalue weighted by atomic mass is 32.2. The second-order valence-corrected chi connectivity index (χ2v) is 7.91. The van der Waals surface area contributed by atoms with E-state index in [1.54, 1.807) is 11.8 Å². The van der Waals surface area contributed by atoms with E-state index in [0.717, 1.165) is 6.08 Å². The summed E-state index contributed by atoms with van der Waals surface area (Å²) in [4.78, 5) is 11.4. The SMILES string of the molecule is C=CC(=O)C(C1CSC(C)S1)S(=O)(=O)O. The fourth-order valence-electron chi connectivity index (χ4n) is 1.35. The lowest BCUT2D eigenvalue weighted by atomic mass is 10.2. The molecule has 1 N–H and O–H groups in total. The van der Waals surface area contributed by atoms with E-state index in [1.165, 1.54) is 11.8 Å².